The van der Waals surface area contributed by atoms with Crippen LogP contribution in [0.3, 0.4) is 0 Å². The summed E-state index contributed by atoms with van der Waals surface area (Å²) in [6, 6.07) is 8.01. The molecule has 0 unspecified atom stereocenters. The molecule has 1 aromatic heterocycles. The summed E-state index contributed by atoms with van der Waals surface area (Å²) in [4.78, 5) is 12.6. The Hall–Kier alpha value is -2.24. The monoisotopic (exact) mass is 347 g/mol. The van der Waals surface area contributed by atoms with E-state index in [-0.39, 0.29) is 11.6 Å². The van der Waals surface area contributed by atoms with Crippen molar-refractivity contribution in [1.82, 2.24) is 15.1 Å². The van der Waals surface area contributed by atoms with Crippen molar-refractivity contribution < 1.29 is 13.6 Å². The zero-order valence-electron chi connectivity index (χ0n) is 14.7. The Balaban J connectivity index is 2.02. The predicted octanol–water partition coefficient (Wildman–Crippen LogP) is 3.96. The van der Waals surface area contributed by atoms with Crippen LogP contribution in [-0.2, 0) is 13.5 Å². The molecule has 0 aliphatic heterocycles. The third-order valence-electron chi connectivity index (χ3n) is 4.57. The van der Waals surface area contributed by atoms with E-state index in [0.717, 1.165) is 24.0 Å². The molecule has 1 aliphatic carbocycles. The number of nitrogens with one attached hydrogen (secondary N) is 1. The Morgan fingerprint density at radius 2 is 2.00 bits per heavy atom. The van der Waals surface area contributed by atoms with Gasteiger partial charge in [-0.3, -0.25) is 9.48 Å². The molecule has 134 valence electrons. The van der Waals surface area contributed by atoms with Gasteiger partial charge in [0.2, 0.25) is 0 Å². The Bertz CT molecular complexity index is 779. The van der Waals surface area contributed by atoms with Crippen molar-refractivity contribution in [3.05, 3.63) is 52.3 Å². The van der Waals surface area contributed by atoms with Crippen LogP contribution >= 0.6 is 0 Å². The first-order chi connectivity index (χ1) is 11.9. The highest BCUT2D eigenvalue weighted by molar-refractivity contribution is 5.97. The van der Waals surface area contributed by atoms with Crippen molar-refractivity contribution in [1.29, 1.82) is 0 Å². The second-order valence-electron chi connectivity index (χ2n) is 6.91. The second-order valence-corrected chi connectivity index (χ2v) is 6.91. The summed E-state index contributed by atoms with van der Waals surface area (Å²) < 4.78 is 28.3. The van der Waals surface area contributed by atoms with Gasteiger partial charge in [0.25, 0.3) is 12.3 Å². The molecule has 4 nitrogen and oxygen atoms in total. The van der Waals surface area contributed by atoms with Crippen molar-refractivity contribution in [2.45, 2.75) is 51.5 Å². The molecule has 1 fully saturated rings. The number of alkyl halides is 2. The van der Waals surface area contributed by atoms with Crippen molar-refractivity contribution in [2.24, 2.45) is 7.05 Å². The molecule has 1 N–H and O–H groups in total. The fourth-order valence-corrected chi connectivity index (χ4v) is 3.11. The highest BCUT2D eigenvalue weighted by atomic mass is 19.3. The summed E-state index contributed by atoms with van der Waals surface area (Å²) >= 11 is 0. The van der Waals surface area contributed by atoms with Gasteiger partial charge in [-0.15, -0.1) is 0 Å². The Morgan fingerprint density at radius 3 is 2.60 bits per heavy atom. The standard InChI is InChI=1S/C19H23F2N3O/c1-11(2)14-7-5-4-6-12(14)10-15-16(19(25)22-13-8-9-13)17(18(20)21)23-24(15)3/h4-7,11,13,18H,8-10H2,1-3H3,(H,22,25). The number of carbonyl (C=O) groups is 1. The van der Waals surface area contributed by atoms with E-state index < -0.39 is 18.0 Å². The fourth-order valence-electron chi connectivity index (χ4n) is 3.11. The lowest BCUT2D eigenvalue weighted by atomic mass is 9.93. The van der Waals surface area contributed by atoms with Crippen LogP contribution in [-0.4, -0.2) is 21.7 Å². The van der Waals surface area contributed by atoms with E-state index in [1.165, 1.54) is 4.68 Å². The third kappa shape index (κ3) is 3.72. The lowest BCUT2D eigenvalue weighted by Crippen LogP contribution is -2.27. The van der Waals surface area contributed by atoms with E-state index >= 15 is 0 Å². The van der Waals surface area contributed by atoms with E-state index in [2.05, 4.69) is 24.3 Å². The molecular formula is C19H23F2N3O. The van der Waals surface area contributed by atoms with Crippen molar-refractivity contribution in [3.63, 3.8) is 0 Å². The quantitative estimate of drug-likeness (QED) is 0.860. The third-order valence-corrected chi connectivity index (χ3v) is 4.57. The normalized spacial score (nSPS) is 14.4. The van der Waals surface area contributed by atoms with Gasteiger partial charge in [0.05, 0.1) is 11.3 Å². The number of amides is 1. The number of benzene rings is 1. The lowest BCUT2D eigenvalue weighted by Gasteiger charge is -2.14. The van der Waals surface area contributed by atoms with Crippen LogP contribution in [0.4, 0.5) is 8.78 Å². The molecule has 0 bridgehead atoms. The fraction of sp³-hybridized carbons (Fsp3) is 0.474. The van der Waals surface area contributed by atoms with Gasteiger partial charge >= 0.3 is 0 Å². The van der Waals surface area contributed by atoms with Crippen LogP contribution in [0, 0.1) is 0 Å². The van der Waals surface area contributed by atoms with Gasteiger partial charge in [0.1, 0.15) is 5.69 Å². The molecule has 1 aliphatic rings. The minimum absolute atomic E-state index is 0.0305. The summed E-state index contributed by atoms with van der Waals surface area (Å²) in [6.45, 7) is 4.18. The minimum Gasteiger partial charge on any atom is -0.349 e. The molecule has 1 amide bonds. The number of rotatable bonds is 6. The number of aromatic nitrogens is 2. The Morgan fingerprint density at radius 1 is 1.32 bits per heavy atom. The van der Waals surface area contributed by atoms with Crippen LogP contribution in [0.2, 0.25) is 0 Å². The van der Waals surface area contributed by atoms with Gasteiger partial charge in [-0.05, 0) is 29.9 Å². The molecule has 3 rings (SSSR count). The minimum atomic E-state index is -2.78. The molecule has 6 heteroatoms. The number of hydrogen-bond acceptors (Lipinski definition) is 2. The van der Waals surface area contributed by atoms with Crippen LogP contribution in [0.15, 0.2) is 24.3 Å². The molecule has 1 aromatic carbocycles. The summed E-state index contributed by atoms with van der Waals surface area (Å²) in [5.74, 6) is -0.134. The number of hydrogen-bond donors (Lipinski definition) is 1. The molecule has 0 saturated heterocycles. The molecule has 1 saturated carbocycles. The van der Waals surface area contributed by atoms with E-state index in [0.29, 0.717) is 18.0 Å². The zero-order chi connectivity index (χ0) is 18.1. The number of aryl methyl sites for hydroxylation is 1. The van der Waals surface area contributed by atoms with Crippen LogP contribution in [0.25, 0.3) is 0 Å². The van der Waals surface area contributed by atoms with Gasteiger partial charge in [-0.25, -0.2) is 8.78 Å². The van der Waals surface area contributed by atoms with Gasteiger partial charge in [-0.2, -0.15) is 5.10 Å². The number of nitrogens with zero attached hydrogens (tertiary/aromatic N) is 2. The topological polar surface area (TPSA) is 46.9 Å². The molecular weight excluding hydrogens is 324 g/mol. The van der Waals surface area contributed by atoms with E-state index in [4.69, 9.17) is 0 Å². The zero-order valence-corrected chi connectivity index (χ0v) is 14.7. The van der Waals surface area contributed by atoms with E-state index in [1.807, 2.05) is 24.3 Å². The number of halogens is 2. The second kappa shape index (κ2) is 6.94. The highest BCUT2D eigenvalue weighted by Gasteiger charge is 2.31. The summed E-state index contributed by atoms with van der Waals surface area (Å²) in [6.07, 6.45) is -0.568. The molecule has 1 heterocycles. The largest absolute Gasteiger partial charge is 0.349 e. The summed E-state index contributed by atoms with van der Waals surface area (Å²) in [7, 11) is 1.62. The van der Waals surface area contributed by atoms with Gasteiger partial charge in [-0.1, -0.05) is 38.1 Å². The average molecular weight is 347 g/mol. The molecule has 2 aromatic rings. The molecule has 25 heavy (non-hydrogen) atoms. The van der Waals surface area contributed by atoms with Crippen molar-refractivity contribution in [3.8, 4) is 0 Å². The van der Waals surface area contributed by atoms with Gasteiger partial charge in [0, 0.05) is 19.5 Å². The molecule has 0 radical (unpaired) electrons. The van der Waals surface area contributed by atoms with E-state index in [1.54, 1.807) is 7.05 Å². The first kappa shape index (κ1) is 17.6. The maximum absolute atomic E-state index is 13.4. The maximum atomic E-state index is 13.4. The van der Waals surface area contributed by atoms with Crippen molar-refractivity contribution >= 4 is 5.91 Å². The van der Waals surface area contributed by atoms with Gasteiger partial charge in [0.15, 0.2) is 0 Å². The van der Waals surface area contributed by atoms with Crippen LogP contribution < -0.4 is 5.32 Å². The maximum Gasteiger partial charge on any atom is 0.282 e. The summed E-state index contributed by atoms with van der Waals surface area (Å²) in [5.41, 5.74) is 2.31. The first-order valence-corrected chi connectivity index (χ1v) is 8.61. The number of carbonyl (C=O) groups excluding carboxylic acids is 1. The molecule has 0 atom stereocenters. The predicted molar refractivity (Wildman–Crippen MR) is 92.0 cm³/mol. The smallest absolute Gasteiger partial charge is 0.282 e. The highest BCUT2D eigenvalue weighted by Crippen LogP contribution is 2.29. The average Bonchev–Trinajstić information content (AvgIpc) is 3.30. The van der Waals surface area contributed by atoms with Crippen LogP contribution in [0.5, 0.6) is 0 Å². The molecule has 0 spiro atoms. The van der Waals surface area contributed by atoms with E-state index in [9.17, 15) is 13.6 Å². The lowest BCUT2D eigenvalue weighted by molar-refractivity contribution is 0.0935. The Kier molecular flexibility index (Phi) is 4.88. The summed E-state index contributed by atoms with van der Waals surface area (Å²) in [5, 5.41) is 6.75. The Labute approximate surface area is 146 Å². The van der Waals surface area contributed by atoms with Crippen molar-refractivity contribution in [2.75, 3.05) is 0 Å². The first-order valence-electron chi connectivity index (χ1n) is 8.61. The van der Waals surface area contributed by atoms with Gasteiger partial charge < -0.3 is 5.32 Å². The van der Waals surface area contributed by atoms with Crippen LogP contribution in [0.1, 0.15) is 71.9 Å². The SMILES string of the molecule is CC(C)c1ccccc1Cc1c(C(=O)NC2CC2)c(C(F)F)nn1C.